The number of para-hydroxylation sites is 3. The van der Waals surface area contributed by atoms with Crippen molar-refractivity contribution in [3.05, 3.63) is 121 Å². The molecule has 9 nitrogen and oxygen atoms in total. The largest absolute Gasteiger partial charge is 0.491 e. The number of ether oxygens (including phenoxy) is 3. The molecule has 0 aliphatic carbocycles. The fourth-order valence-corrected chi connectivity index (χ4v) is 4.80. The van der Waals surface area contributed by atoms with E-state index in [-0.39, 0.29) is 19.1 Å². The first kappa shape index (κ1) is 33.0. The highest BCUT2D eigenvalue weighted by Gasteiger charge is 2.29. The van der Waals surface area contributed by atoms with Crippen LogP contribution in [0.4, 0.5) is 21.9 Å². The molecule has 0 aliphatic rings. The fraction of sp³-hybridized carbons (Fsp3) is 0.200. The highest BCUT2D eigenvalue weighted by molar-refractivity contribution is 7.98. The smallest absolute Gasteiger partial charge is 0.412 e. The number of allylic oxidation sites excluding steroid dienone is 1. The predicted molar refractivity (Wildman–Crippen MR) is 179 cm³/mol. The quantitative estimate of drug-likeness (QED) is 0.0625. The van der Waals surface area contributed by atoms with Gasteiger partial charge in [-0.05, 0) is 91.4 Å². The topological polar surface area (TPSA) is 132 Å². The fourth-order valence-electron chi connectivity index (χ4n) is 4.39. The van der Waals surface area contributed by atoms with Crippen LogP contribution in [0.2, 0.25) is 0 Å². The van der Waals surface area contributed by atoms with Crippen LogP contribution in [0, 0.1) is 0 Å². The number of aliphatic hydroxyl groups is 1. The number of thioether (sulfide) groups is 1. The Hall–Kier alpha value is -4.93. The summed E-state index contributed by atoms with van der Waals surface area (Å²) in [5.41, 5.74) is 8.22. The van der Waals surface area contributed by atoms with Crippen LogP contribution in [0.3, 0.4) is 0 Å². The van der Waals surface area contributed by atoms with Crippen molar-refractivity contribution in [2.45, 2.75) is 29.9 Å². The Kier molecular flexibility index (Phi) is 12.7. The van der Waals surface area contributed by atoms with Crippen molar-refractivity contribution in [1.29, 1.82) is 0 Å². The van der Waals surface area contributed by atoms with Crippen molar-refractivity contribution in [3.8, 4) is 11.5 Å². The first-order valence-electron chi connectivity index (χ1n) is 14.4. The second kappa shape index (κ2) is 17.4. The van der Waals surface area contributed by atoms with E-state index in [0.29, 0.717) is 47.0 Å². The number of nitrogen functional groups attached to an aromatic ring is 1. The van der Waals surface area contributed by atoms with Crippen LogP contribution in [0.15, 0.2) is 120 Å². The van der Waals surface area contributed by atoms with Crippen molar-refractivity contribution in [1.82, 2.24) is 0 Å². The molecule has 5 N–H and O–H groups in total. The van der Waals surface area contributed by atoms with E-state index in [1.165, 1.54) is 6.08 Å². The maximum atomic E-state index is 13.2. The molecule has 0 fully saturated rings. The molecule has 0 aromatic heterocycles. The molecule has 0 unspecified atom stereocenters. The van der Waals surface area contributed by atoms with Gasteiger partial charge in [-0.1, -0.05) is 48.5 Å². The standard InChI is InChI=1S/C35H37N3O6S/c1-45-29-21-17-26(18-22-29)37-35(41)44-34(25-15-19-27(20-16-25)42-24-23-39)32(43-28-9-3-2-4-10-28)13-7-8-14-33(40)38-31-12-6-5-11-30(31)36/h2-6,8-12,14-22,32,34,39H,7,13,23-24,36H2,1H3,(H,37,41)(H,38,40)/b14-8+/t32-,34-/m0/s1. The van der Waals surface area contributed by atoms with Gasteiger partial charge in [0.2, 0.25) is 5.91 Å². The number of nitrogens with two attached hydrogens (primary N) is 1. The molecule has 0 saturated heterocycles. The lowest BCUT2D eigenvalue weighted by atomic mass is 10.00. The number of anilines is 3. The molecule has 10 heteroatoms. The predicted octanol–water partition coefficient (Wildman–Crippen LogP) is 7.07. The van der Waals surface area contributed by atoms with Gasteiger partial charge in [-0.25, -0.2) is 4.79 Å². The van der Waals surface area contributed by atoms with E-state index in [2.05, 4.69) is 10.6 Å². The maximum Gasteiger partial charge on any atom is 0.412 e. The minimum atomic E-state index is -0.825. The Bertz CT molecular complexity index is 1530. The number of carbonyl (C=O) groups excluding carboxylic acids is 2. The molecule has 0 bridgehead atoms. The van der Waals surface area contributed by atoms with Crippen LogP contribution < -0.4 is 25.8 Å². The third-order valence-corrected chi connectivity index (χ3v) is 7.36. The van der Waals surface area contributed by atoms with Crippen LogP contribution in [0.25, 0.3) is 0 Å². The van der Waals surface area contributed by atoms with Gasteiger partial charge >= 0.3 is 6.09 Å². The molecular formula is C35H37N3O6S. The van der Waals surface area contributed by atoms with E-state index < -0.39 is 18.3 Å². The summed E-state index contributed by atoms with van der Waals surface area (Å²) in [6.07, 6.45) is 3.93. The van der Waals surface area contributed by atoms with Gasteiger partial charge in [0.25, 0.3) is 0 Å². The van der Waals surface area contributed by atoms with Crippen molar-refractivity contribution in [3.63, 3.8) is 0 Å². The molecule has 0 aliphatic heterocycles. The van der Waals surface area contributed by atoms with E-state index in [4.69, 9.17) is 25.1 Å². The number of hydrogen-bond acceptors (Lipinski definition) is 8. The molecule has 4 aromatic carbocycles. The number of rotatable bonds is 15. The summed E-state index contributed by atoms with van der Waals surface area (Å²) < 4.78 is 18.0. The minimum absolute atomic E-state index is 0.108. The molecule has 4 rings (SSSR count). The van der Waals surface area contributed by atoms with Crippen molar-refractivity contribution < 1.29 is 28.9 Å². The maximum absolute atomic E-state index is 13.2. The first-order valence-corrected chi connectivity index (χ1v) is 15.7. The van der Waals surface area contributed by atoms with Crippen molar-refractivity contribution in [2.24, 2.45) is 0 Å². The minimum Gasteiger partial charge on any atom is -0.491 e. The van der Waals surface area contributed by atoms with Gasteiger partial charge in [0.1, 0.15) is 24.2 Å². The van der Waals surface area contributed by atoms with Gasteiger partial charge in [0.15, 0.2) is 6.10 Å². The second-order valence-electron chi connectivity index (χ2n) is 9.85. The highest BCUT2D eigenvalue weighted by Crippen LogP contribution is 2.31. The van der Waals surface area contributed by atoms with Crippen LogP contribution in [-0.2, 0) is 9.53 Å². The zero-order chi connectivity index (χ0) is 31.9. The van der Waals surface area contributed by atoms with E-state index in [1.54, 1.807) is 66.4 Å². The van der Waals surface area contributed by atoms with Gasteiger partial charge < -0.3 is 30.4 Å². The van der Waals surface area contributed by atoms with Gasteiger partial charge in [-0.15, -0.1) is 11.8 Å². The number of aliphatic hydroxyl groups excluding tert-OH is 1. The Balaban J connectivity index is 1.54. The Morgan fingerprint density at radius 2 is 1.60 bits per heavy atom. The average Bonchev–Trinajstić information content (AvgIpc) is 3.06. The third kappa shape index (κ3) is 10.6. The summed E-state index contributed by atoms with van der Waals surface area (Å²) >= 11 is 1.61. The van der Waals surface area contributed by atoms with Crippen LogP contribution >= 0.6 is 11.8 Å². The van der Waals surface area contributed by atoms with Crippen LogP contribution in [0.5, 0.6) is 11.5 Å². The van der Waals surface area contributed by atoms with Gasteiger partial charge in [-0.3, -0.25) is 10.1 Å². The third-order valence-electron chi connectivity index (χ3n) is 6.61. The number of amides is 2. The Morgan fingerprint density at radius 3 is 2.29 bits per heavy atom. The Morgan fingerprint density at radius 1 is 0.889 bits per heavy atom. The summed E-state index contributed by atoms with van der Waals surface area (Å²) in [5.74, 6) is 0.860. The molecule has 4 aromatic rings. The van der Waals surface area contributed by atoms with Crippen molar-refractivity contribution in [2.75, 3.05) is 35.8 Å². The lowest BCUT2D eigenvalue weighted by Gasteiger charge is -2.28. The Labute approximate surface area is 267 Å². The number of carbonyl (C=O) groups is 2. The van der Waals surface area contributed by atoms with Crippen LogP contribution in [0.1, 0.15) is 24.5 Å². The summed E-state index contributed by atoms with van der Waals surface area (Å²) in [5, 5.41) is 14.7. The summed E-state index contributed by atoms with van der Waals surface area (Å²) in [4.78, 5) is 26.8. The zero-order valence-corrected chi connectivity index (χ0v) is 25.7. The average molecular weight is 628 g/mol. The molecule has 2 atom stereocenters. The monoisotopic (exact) mass is 627 g/mol. The first-order chi connectivity index (χ1) is 21.9. The van der Waals surface area contributed by atoms with E-state index in [0.717, 1.165) is 4.90 Å². The van der Waals surface area contributed by atoms with Gasteiger partial charge in [-0.2, -0.15) is 0 Å². The van der Waals surface area contributed by atoms with Gasteiger partial charge in [0.05, 0.1) is 18.0 Å². The number of benzene rings is 4. The molecule has 0 heterocycles. The van der Waals surface area contributed by atoms with Crippen LogP contribution in [-0.4, -0.2) is 42.7 Å². The summed E-state index contributed by atoms with van der Waals surface area (Å²) in [7, 11) is 0. The highest BCUT2D eigenvalue weighted by atomic mass is 32.2. The van der Waals surface area contributed by atoms with E-state index >= 15 is 0 Å². The molecule has 2 amide bonds. The zero-order valence-electron chi connectivity index (χ0n) is 24.9. The lowest BCUT2D eigenvalue weighted by Crippen LogP contribution is -2.31. The summed E-state index contributed by atoms with van der Waals surface area (Å²) in [6.45, 7) is 0.0520. The molecular weight excluding hydrogens is 590 g/mol. The molecule has 234 valence electrons. The normalized spacial score (nSPS) is 12.2. The van der Waals surface area contributed by atoms with Gasteiger partial charge in [0, 0.05) is 10.6 Å². The SMILES string of the molecule is CSc1ccc(NC(=O)O[C@@H](c2ccc(OCCO)cc2)[C@H](CC/C=C/C(=O)Nc2ccccc2N)Oc2ccccc2)cc1. The molecule has 0 radical (unpaired) electrons. The number of hydrogen-bond donors (Lipinski definition) is 4. The molecule has 45 heavy (non-hydrogen) atoms. The molecule has 0 saturated carbocycles. The lowest BCUT2D eigenvalue weighted by molar-refractivity contribution is -0.111. The van der Waals surface area contributed by atoms with E-state index in [9.17, 15) is 9.59 Å². The van der Waals surface area contributed by atoms with E-state index in [1.807, 2.05) is 60.9 Å². The van der Waals surface area contributed by atoms with Crippen molar-refractivity contribution >= 4 is 40.8 Å². The number of nitrogens with one attached hydrogen (secondary N) is 2. The summed E-state index contributed by atoms with van der Waals surface area (Å²) in [6, 6.07) is 30.9. The second-order valence-corrected chi connectivity index (χ2v) is 10.7. The molecule has 0 spiro atoms.